The molecule has 1 aromatic heterocycles. The predicted octanol–water partition coefficient (Wildman–Crippen LogP) is 1.58. The first-order chi connectivity index (χ1) is 10.2. The van der Waals surface area contributed by atoms with Crippen molar-refractivity contribution in [2.45, 2.75) is 6.54 Å². The Labute approximate surface area is 123 Å². The molecule has 2 rings (SSSR count). The molecule has 2 aromatic rings. The molecule has 0 radical (unpaired) electrons. The molecule has 114 valence electrons. The van der Waals surface area contributed by atoms with Gasteiger partial charge < -0.3 is 19.2 Å². The average molecular weight is 292 g/mol. The zero-order valence-electron chi connectivity index (χ0n) is 12.5. The van der Waals surface area contributed by atoms with Gasteiger partial charge in [-0.15, -0.1) is 5.10 Å². The lowest BCUT2D eigenvalue weighted by Gasteiger charge is -2.14. The van der Waals surface area contributed by atoms with E-state index in [0.29, 0.717) is 25.1 Å². The second-order valence-corrected chi connectivity index (χ2v) is 4.40. The summed E-state index contributed by atoms with van der Waals surface area (Å²) in [5.74, 6) is 1.35. The molecule has 1 aromatic carbocycles. The van der Waals surface area contributed by atoms with Crippen molar-refractivity contribution in [2.24, 2.45) is 0 Å². The van der Waals surface area contributed by atoms with Gasteiger partial charge in [0.1, 0.15) is 5.75 Å². The standard InChI is InChI=1S/C14H20N4O3/c1-18(11-4-6-12(20-3)7-5-11)14-17-16-13(21-14)10-15-8-9-19-2/h4-7,15H,8-10H2,1-3H3. The van der Waals surface area contributed by atoms with Gasteiger partial charge in [0.15, 0.2) is 0 Å². The number of aromatic nitrogens is 2. The molecule has 0 aliphatic carbocycles. The van der Waals surface area contributed by atoms with Crippen LogP contribution in [0.1, 0.15) is 5.89 Å². The maximum absolute atomic E-state index is 5.61. The average Bonchev–Trinajstić information content (AvgIpc) is 3.00. The highest BCUT2D eigenvalue weighted by Crippen LogP contribution is 2.24. The van der Waals surface area contributed by atoms with E-state index in [2.05, 4.69) is 15.5 Å². The van der Waals surface area contributed by atoms with E-state index in [-0.39, 0.29) is 0 Å². The zero-order chi connectivity index (χ0) is 15.1. The van der Waals surface area contributed by atoms with Gasteiger partial charge in [-0.25, -0.2) is 0 Å². The van der Waals surface area contributed by atoms with E-state index >= 15 is 0 Å². The Morgan fingerprint density at radius 1 is 1.19 bits per heavy atom. The van der Waals surface area contributed by atoms with Crippen LogP contribution in [0.25, 0.3) is 0 Å². The van der Waals surface area contributed by atoms with E-state index in [4.69, 9.17) is 13.9 Å². The third-order valence-corrected chi connectivity index (χ3v) is 2.96. The highest BCUT2D eigenvalue weighted by Gasteiger charge is 2.12. The molecule has 0 aliphatic rings. The number of nitrogens with one attached hydrogen (secondary N) is 1. The summed E-state index contributed by atoms with van der Waals surface area (Å²) in [6, 6.07) is 8.08. The minimum Gasteiger partial charge on any atom is -0.497 e. The first-order valence-electron chi connectivity index (χ1n) is 6.64. The highest BCUT2D eigenvalue weighted by molar-refractivity contribution is 5.56. The summed E-state index contributed by atoms with van der Waals surface area (Å²) < 4.78 is 15.7. The number of hydrogen-bond acceptors (Lipinski definition) is 7. The fraction of sp³-hybridized carbons (Fsp3) is 0.429. The van der Waals surface area contributed by atoms with Gasteiger partial charge in [-0.05, 0) is 24.3 Å². The largest absolute Gasteiger partial charge is 0.497 e. The monoisotopic (exact) mass is 292 g/mol. The summed E-state index contributed by atoms with van der Waals surface area (Å²) in [4.78, 5) is 1.82. The molecule has 0 saturated heterocycles. The van der Waals surface area contributed by atoms with E-state index in [0.717, 1.165) is 18.0 Å². The maximum atomic E-state index is 5.61. The number of hydrogen-bond donors (Lipinski definition) is 1. The maximum Gasteiger partial charge on any atom is 0.322 e. The molecule has 0 amide bonds. The van der Waals surface area contributed by atoms with Gasteiger partial charge in [0.25, 0.3) is 0 Å². The molecule has 0 bridgehead atoms. The van der Waals surface area contributed by atoms with Crippen LogP contribution in [0, 0.1) is 0 Å². The van der Waals surface area contributed by atoms with E-state index in [9.17, 15) is 0 Å². The third kappa shape index (κ3) is 4.17. The Morgan fingerprint density at radius 3 is 2.62 bits per heavy atom. The van der Waals surface area contributed by atoms with Gasteiger partial charge in [-0.3, -0.25) is 4.90 Å². The van der Waals surface area contributed by atoms with Crippen molar-refractivity contribution in [3.63, 3.8) is 0 Å². The van der Waals surface area contributed by atoms with Crippen LogP contribution in [-0.2, 0) is 11.3 Å². The van der Waals surface area contributed by atoms with Crippen molar-refractivity contribution in [1.29, 1.82) is 0 Å². The zero-order valence-corrected chi connectivity index (χ0v) is 12.5. The van der Waals surface area contributed by atoms with Gasteiger partial charge in [0.05, 0.1) is 20.3 Å². The molecular weight excluding hydrogens is 272 g/mol. The van der Waals surface area contributed by atoms with Crippen LogP contribution in [-0.4, -0.2) is 44.6 Å². The fourth-order valence-electron chi connectivity index (χ4n) is 1.74. The van der Waals surface area contributed by atoms with Gasteiger partial charge in [0.2, 0.25) is 5.89 Å². The molecule has 1 N–H and O–H groups in total. The fourth-order valence-corrected chi connectivity index (χ4v) is 1.74. The van der Waals surface area contributed by atoms with Crippen molar-refractivity contribution in [1.82, 2.24) is 15.5 Å². The number of benzene rings is 1. The lowest BCUT2D eigenvalue weighted by atomic mass is 10.3. The minimum atomic E-state index is 0.448. The molecule has 7 nitrogen and oxygen atoms in total. The molecule has 0 aliphatic heterocycles. The summed E-state index contributed by atoms with van der Waals surface area (Å²) in [5, 5.41) is 11.2. The topological polar surface area (TPSA) is 72.7 Å². The van der Waals surface area contributed by atoms with Gasteiger partial charge in [-0.1, -0.05) is 5.10 Å². The molecule has 7 heteroatoms. The summed E-state index contributed by atoms with van der Waals surface area (Å²) in [6.07, 6.45) is 0. The van der Waals surface area contributed by atoms with E-state index < -0.39 is 0 Å². The van der Waals surface area contributed by atoms with Crippen LogP contribution in [0.2, 0.25) is 0 Å². The highest BCUT2D eigenvalue weighted by atomic mass is 16.5. The molecule has 0 unspecified atom stereocenters. The Kier molecular flexibility index (Phi) is 5.53. The van der Waals surface area contributed by atoms with E-state index in [1.807, 2.05) is 36.2 Å². The number of anilines is 2. The van der Waals surface area contributed by atoms with Crippen molar-refractivity contribution < 1.29 is 13.9 Å². The molecule has 0 atom stereocenters. The number of methoxy groups -OCH3 is 2. The van der Waals surface area contributed by atoms with Crippen molar-refractivity contribution in [3.05, 3.63) is 30.2 Å². The van der Waals surface area contributed by atoms with E-state index in [1.54, 1.807) is 14.2 Å². The van der Waals surface area contributed by atoms with Crippen LogP contribution < -0.4 is 15.0 Å². The molecule has 0 fully saturated rings. The normalized spacial score (nSPS) is 10.6. The first kappa shape index (κ1) is 15.3. The molecule has 21 heavy (non-hydrogen) atoms. The van der Waals surface area contributed by atoms with Crippen molar-refractivity contribution in [2.75, 3.05) is 39.3 Å². The molecule has 0 saturated carbocycles. The predicted molar refractivity (Wildman–Crippen MR) is 78.9 cm³/mol. The lowest BCUT2D eigenvalue weighted by molar-refractivity contribution is 0.198. The quantitative estimate of drug-likeness (QED) is 0.740. The summed E-state index contributed by atoms with van der Waals surface area (Å²) in [7, 11) is 5.17. The number of ether oxygens (including phenoxy) is 2. The van der Waals surface area contributed by atoms with Crippen LogP contribution in [0.4, 0.5) is 11.7 Å². The lowest BCUT2D eigenvalue weighted by Crippen LogP contribution is -2.18. The smallest absolute Gasteiger partial charge is 0.322 e. The van der Waals surface area contributed by atoms with Crippen molar-refractivity contribution in [3.8, 4) is 5.75 Å². The Morgan fingerprint density at radius 2 is 1.95 bits per heavy atom. The minimum absolute atomic E-state index is 0.448. The summed E-state index contributed by atoms with van der Waals surface area (Å²) >= 11 is 0. The molecular formula is C14H20N4O3. The Hall–Kier alpha value is -2.12. The summed E-state index contributed by atoms with van der Waals surface area (Å²) in [6.45, 7) is 1.90. The Bertz CT molecular complexity index is 541. The molecule has 0 spiro atoms. The SMILES string of the molecule is COCCNCc1nnc(N(C)c2ccc(OC)cc2)o1. The third-order valence-electron chi connectivity index (χ3n) is 2.96. The van der Waals surface area contributed by atoms with Crippen molar-refractivity contribution >= 4 is 11.7 Å². The van der Waals surface area contributed by atoms with Gasteiger partial charge in [0, 0.05) is 26.4 Å². The van der Waals surface area contributed by atoms with Crippen LogP contribution >= 0.6 is 0 Å². The van der Waals surface area contributed by atoms with Crippen LogP contribution in [0.15, 0.2) is 28.7 Å². The first-order valence-corrected chi connectivity index (χ1v) is 6.64. The number of rotatable bonds is 8. The molecule has 1 heterocycles. The second kappa shape index (κ2) is 7.61. The van der Waals surface area contributed by atoms with Gasteiger partial charge in [-0.2, -0.15) is 0 Å². The second-order valence-electron chi connectivity index (χ2n) is 4.40. The van der Waals surface area contributed by atoms with E-state index in [1.165, 1.54) is 0 Å². The van der Waals surface area contributed by atoms with Crippen LogP contribution in [0.5, 0.6) is 5.75 Å². The van der Waals surface area contributed by atoms with Gasteiger partial charge >= 0.3 is 6.01 Å². The Balaban J connectivity index is 1.95. The number of nitrogens with zero attached hydrogens (tertiary/aromatic N) is 3. The summed E-state index contributed by atoms with van der Waals surface area (Å²) in [5.41, 5.74) is 0.943. The van der Waals surface area contributed by atoms with Crippen LogP contribution in [0.3, 0.4) is 0 Å².